The number of benzene rings is 1. The molecule has 140 valence electrons. The molecule has 27 heavy (non-hydrogen) atoms. The number of anilines is 3. The number of fused-ring (bicyclic) bond motifs is 2. The summed E-state index contributed by atoms with van der Waals surface area (Å²) in [6.45, 7) is 0. The molecule has 2 aromatic rings. The number of nitrogens with one attached hydrogen (secondary N) is 3. The Morgan fingerprint density at radius 3 is 2.70 bits per heavy atom. The second-order valence-electron chi connectivity index (χ2n) is 6.51. The van der Waals surface area contributed by atoms with E-state index in [9.17, 15) is 14.4 Å². The maximum absolute atomic E-state index is 12.8. The molecule has 0 bridgehead atoms. The Morgan fingerprint density at radius 2 is 1.93 bits per heavy atom. The lowest BCUT2D eigenvalue weighted by atomic mass is 9.95. The molecule has 1 aromatic heterocycles. The van der Waals surface area contributed by atoms with Crippen LogP contribution in [-0.4, -0.2) is 30.9 Å². The number of carbonyl (C=O) groups excluding carboxylic acids is 3. The first-order chi connectivity index (χ1) is 13.1. The third kappa shape index (κ3) is 3.16. The molecule has 1 aromatic carbocycles. The number of esters is 1. The van der Waals surface area contributed by atoms with Crippen molar-refractivity contribution in [2.45, 2.75) is 31.7 Å². The van der Waals surface area contributed by atoms with Crippen LogP contribution in [0.5, 0.6) is 0 Å². The van der Waals surface area contributed by atoms with Crippen molar-refractivity contribution in [1.29, 1.82) is 0 Å². The molecule has 1 unspecified atom stereocenters. The van der Waals surface area contributed by atoms with Gasteiger partial charge in [0.1, 0.15) is 5.00 Å². The third-order valence-corrected chi connectivity index (χ3v) is 6.01. The van der Waals surface area contributed by atoms with E-state index in [1.54, 1.807) is 18.2 Å². The van der Waals surface area contributed by atoms with E-state index < -0.39 is 23.8 Å². The molecule has 0 saturated heterocycles. The van der Waals surface area contributed by atoms with Crippen molar-refractivity contribution < 1.29 is 19.1 Å². The molecular formula is C19H19N3O4S. The average Bonchev–Trinajstić information content (AvgIpc) is 3.04. The van der Waals surface area contributed by atoms with Gasteiger partial charge in [-0.2, -0.15) is 0 Å². The van der Waals surface area contributed by atoms with Crippen molar-refractivity contribution in [3.8, 4) is 0 Å². The van der Waals surface area contributed by atoms with Crippen LogP contribution >= 0.6 is 11.3 Å². The zero-order valence-corrected chi connectivity index (χ0v) is 15.6. The van der Waals surface area contributed by atoms with Gasteiger partial charge in [0.05, 0.1) is 24.0 Å². The SMILES string of the molecule is COC(=O)c1c(NC(=O)C2Nc3ccccc3NC2=O)sc2c1CCCC2. The molecular weight excluding hydrogens is 366 g/mol. The average molecular weight is 385 g/mol. The molecule has 1 aliphatic heterocycles. The van der Waals surface area contributed by atoms with Gasteiger partial charge >= 0.3 is 5.97 Å². The van der Waals surface area contributed by atoms with Crippen LogP contribution in [0.3, 0.4) is 0 Å². The fourth-order valence-corrected chi connectivity index (χ4v) is 4.76. The van der Waals surface area contributed by atoms with Crippen LogP contribution < -0.4 is 16.0 Å². The van der Waals surface area contributed by atoms with E-state index in [4.69, 9.17) is 4.74 Å². The number of hydrogen-bond donors (Lipinski definition) is 3. The highest BCUT2D eigenvalue weighted by molar-refractivity contribution is 7.17. The molecule has 1 atom stereocenters. The Morgan fingerprint density at radius 1 is 1.19 bits per heavy atom. The summed E-state index contributed by atoms with van der Waals surface area (Å²) in [6.07, 6.45) is 3.74. The molecule has 0 fully saturated rings. The van der Waals surface area contributed by atoms with Crippen LogP contribution in [0.1, 0.15) is 33.6 Å². The molecule has 7 nitrogen and oxygen atoms in total. The van der Waals surface area contributed by atoms with Gasteiger partial charge in [-0.05, 0) is 43.4 Å². The minimum Gasteiger partial charge on any atom is -0.465 e. The molecule has 2 aliphatic rings. The summed E-state index contributed by atoms with van der Waals surface area (Å²) >= 11 is 1.39. The molecule has 3 N–H and O–H groups in total. The van der Waals surface area contributed by atoms with Gasteiger partial charge < -0.3 is 20.7 Å². The summed E-state index contributed by atoms with van der Waals surface area (Å²) < 4.78 is 4.92. The summed E-state index contributed by atoms with van der Waals surface area (Å²) in [6, 6.07) is 6.10. The number of carbonyl (C=O) groups is 3. The number of methoxy groups -OCH3 is 1. The topological polar surface area (TPSA) is 96.5 Å². The Hall–Kier alpha value is -2.87. The molecule has 0 spiro atoms. The zero-order chi connectivity index (χ0) is 19.0. The number of thiophene rings is 1. The number of hydrogen-bond acceptors (Lipinski definition) is 6. The van der Waals surface area contributed by atoms with Crippen LogP contribution in [0.4, 0.5) is 16.4 Å². The van der Waals surface area contributed by atoms with E-state index in [0.717, 1.165) is 36.1 Å². The van der Waals surface area contributed by atoms with Crippen LogP contribution in [0, 0.1) is 0 Å². The Balaban J connectivity index is 1.61. The monoisotopic (exact) mass is 385 g/mol. The van der Waals surface area contributed by atoms with Crippen molar-refractivity contribution in [3.63, 3.8) is 0 Å². The van der Waals surface area contributed by atoms with Gasteiger partial charge in [-0.3, -0.25) is 9.59 Å². The molecule has 2 heterocycles. The first kappa shape index (κ1) is 17.5. The van der Waals surface area contributed by atoms with Crippen LogP contribution in [-0.2, 0) is 27.2 Å². The minimum atomic E-state index is -1.08. The number of amides is 2. The molecule has 0 saturated carbocycles. The predicted octanol–water partition coefficient (Wildman–Crippen LogP) is 2.78. The van der Waals surface area contributed by atoms with E-state index in [-0.39, 0.29) is 0 Å². The molecule has 4 rings (SSSR count). The molecule has 1 aliphatic carbocycles. The smallest absolute Gasteiger partial charge is 0.341 e. The fourth-order valence-electron chi connectivity index (χ4n) is 3.48. The van der Waals surface area contributed by atoms with E-state index in [1.807, 2.05) is 6.07 Å². The lowest BCUT2D eigenvalue weighted by Gasteiger charge is -2.25. The maximum atomic E-state index is 12.8. The zero-order valence-electron chi connectivity index (χ0n) is 14.8. The van der Waals surface area contributed by atoms with Gasteiger partial charge in [0.15, 0.2) is 6.04 Å². The van der Waals surface area contributed by atoms with Crippen molar-refractivity contribution in [3.05, 3.63) is 40.3 Å². The first-order valence-electron chi connectivity index (χ1n) is 8.78. The van der Waals surface area contributed by atoms with Gasteiger partial charge in [-0.25, -0.2) is 4.79 Å². The van der Waals surface area contributed by atoms with E-state index >= 15 is 0 Å². The van der Waals surface area contributed by atoms with Crippen LogP contribution in [0.2, 0.25) is 0 Å². The van der Waals surface area contributed by atoms with Crippen molar-refractivity contribution in [2.24, 2.45) is 0 Å². The van der Waals surface area contributed by atoms with Gasteiger partial charge in [-0.15, -0.1) is 11.3 Å². The standard InChI is InChI=1S/C19H19N3O4S/c1-26-19(25)14-10-6-2-5-9-13(10)27-18(14)22-17(24)15-16(23)21-12-8-4-3-7-11(12)20-15/h3-4,7-8,15,20H,2,5-6,9H2,1H3,(H,21,23)(H,22,24). The van der Waals surface area contributed by atoms with Crippen LogP contribution in [0.25, 0.3) is 0 Å². The minimum absolute atomic E-state index is 0.419. The lowest BCUT2D eigenvalue weighted by molar-refractivity contribution is -0.125. The second-order valence-corrected chi connectivity index (χ2v) is 7.61. The first-order valence-corrected chi connectivity index (χ1v) is 9.60. The van der Waals surface area contributed by atoms with Crippen molar-refractivity contribution in [1.82, 2.24) is 0 Å². The molecule has 2 amide bonds. The summed E-state index contributed by atoms with van der Waals surface area (Å²) in [7, 11) is 1.33. The van der Waals surface area contributed by atoms with Crippen molar-refractivity contribution in [2.75, 3.05) is 23.1 Å². The molecule has 0 radical (unpaired) electrons. The Bertz CT molecular complexity index is 937. The van der Waals surface area contributed by atoms with Gasteiger partial charge in [0.25, 0.3) is 11.8 Å². The van der Waals surface area contributed by atoms with E-state index in [1.165, 1.54) is 18.4 Å². The third-order valence-electron chi connectivity index (χ3n) is 4.81. The number of para-hydroxylation sites is 2. The summed E-state index contributed by atoms with van der Waals surface area (Å²) in [5, 5.41) is 8.90. The lowest BCUT2D eigenvalue weighted by Crippen LogP contribution is -2.47. The second kappa shape index (κ2) is 7.03. The number of ether oxygens (including phenoxy) is 1. The predicted molar refractivity (Wildman–Crippen MR) is 103 cm³/mol. The van der Waals surface area contributed by atoms with Crippen LogP contribution in [0.15, 0.2) is 24.3 Å². The summed E-state index contributed by atoms with van der Waals surface area (Å²) in [5.41, 5.74) is 2.69. The normalized spacial score (nSPS) is 17.8. The van der Waals surface area contributed by atoms with Gasteiger partial charge in [0.2, 0.25) is 0 Å². The number of rotatable bonds is 3. The Labute approximate surface area is 160 Å². The maximum Gasteiger partial charge on any atom is 0.341 e. The van der Waals surface area contributed by atoms with E-state index in [0.29, 0.717) is 21.9 Å². The summed E-state index contributed by atoms with van der Waals surface area (Å²) in [4.78, 5) is 38.5. The molecule has 8 heteroatoms. The Kier molecular flexibility index (Phi) is 4.57. The van der Waals surface area contributed by atoms with Gasteiger partial charge in [-0.1, -0.05) is 12.1 Å². The van der Waals surface area contributed by atoms with E-state index in [2.05, 4.69) is 16.0 Å². The van der Waals surface area contributed by atoms with Crippen molar-refractivity contribution >= 4 is 45.5 Å². The van der Waals surface area contributed by atoms with Gasteiger partial charge in [0, 0.05) is 4.88 Å². The quantitative estimate of drug-likeness (QED) is 0.558. The largest absolute Gasteiger partial charge is 0.465 e. The highest BCUT2D eigenvalue weighted by Crippen LogP contribution is 2.38. The fraction of sp³-hybridized carbons (Fsp3) is 0.316. The highest BCUT2D eigenvalue weighted by atomic mass is 32.1. The number of aryl methyl sites for hydroxylation is 1. The highest BCUT2D eigenvalue weighted by Gasteiger charge is 2.34. The summed E-state index contributed by atoms with van der Waals surface area (Å²) in [5.74, 6) is -1.41.